The molecule has 1 amide bonds. The van der Waals surface area contributed by atoms with Crippen LogP contribution in [0, 0.1) is 0 Å². The molecule has 5 nitrogen and oxygen atoms in total. The molecule has 0 radical (unpaired) electrons. The van der Waals surface area contributed by atoms with Gasteiger partial charge in [-0.15, -0.1) is 0 Å². The van der Waals surface area contributed by atoms with Crippen LogP contribution in [0.15, 0.2) is 120 Å². The Labute approximate surface area is 220 Å². The Bertz CT molecular complexity index is 1540. The molecule has 0 fully saturated rings. The van der Waals surface area contributed by atoms with E-state index in [1.807, 2.05) is 60.7 Å². The minimum Gasteiger partial charge on any atom is -0.497 e. The molecule has 0 aliphatic rings. The third-order valence-corrected chi connectivity index (χ3v) is 6.19. The van der Waals surface area contributed by atoms with E-state index < -0.39 is 0 Å². The fourth-order valence-electron chi connectivity index (χ4n) is 4.19. The van der Waals surface area contributed by atoms with Gasteiger partial charge >= 0.3 is 0 Å². The summed E-state index contributed by atoms with van der Waals surface area (Å²) in [6, 6.07) is 37.0. The lowest BCUT2D eigenvalue weighted by Gasteiger charge is -2.15. The van der Waals surface area contributed by atoms with E-state index in [0.29, 0.717) is 16.3 Å². The number of hydrogen-bond acceptors (Lipinski definition) is 3. The van der Waals surface area contributed by atoms with Crippen LogP contribution in [0.3, 0.4) is 0 Å². The average molecular weight is 506 g/mol. The van der Waals surface area contributed by atoms with Crippen molar-refractivity contribution in [2.75, 3.05) is 7.11 Å². The zero-order valence-electron chi connectivity index (χ0n) is 20.1. The summed E-state index contributed by atoms with van der Waals surface area (Å²) >= 11 is 6.21. The molecule has 0 saturated heterocycles. The number of nitrogens with one attached hydrogen (secondary N) is 1. The summed E-state index contributed by atoms with van der Waals surface area (Å²) in [4.78, 5) is 12.7. The normalized spacial score (nSPS) is 11.0. The van der Waals surface area contributed by atoms with Crippen molar-refractivity contribution < 1.29 is 9.53 Å². The highest BCUT2D eigenvalue weighted by Crippen LogP contribution is 2.35. The molecule has 0 spiro atoms. The molecule has 1 aromatic heterocycles. The molecule has 6 heteroatoms. The van der Waals surface area contributed by atoms with Gasteiger partial charge in [-0.3, -0.25) is 4.79 Å². The number of halogens is 1. The maximum absolute atomic E-state index is 12.7. The highest BCUT2D eigenvalue weighted by atomic mass is 35.5. The summed E-state index contributed by atoms with van der Waals surface area (Å²) < 4.78 is 7.41. The van der Waals surface area contributed by atoms with Gasteiger partial charge in [-0.05, 0) is 59.7 Å². The van der Waals surface area contributed by atoms with E-state index in [-0.39, 0.29) is 5.91 Å². The predicted molar refractivity (Wildman–Crippen MR) is 150 cm³/mol. The molecule has 182 valence electrons. The number of rotatable bonds is 7. The topological polar surface area (TPSA) is 55.6 Å². The third kappa shape index (κ3) is 5.32. The lowest BCUT2D eigenvalue weighted by atomic mass is 10.1. The molecule has 1 heterocycles. The van der Waals surface area contributed by atoms with Gasteiger partial charge in [0.25, 0.3) is 5.91 Å². The summed E-state index contributed by atoms with van der Waals surface area (Å²) in [7, 11) is 1.57. The monoisotopic (exact) mass is 505 g/mol. The minimum atomic E-state index is -0.322. The predicted octanol–water partition coefficient (Wildman–Crippen LogP) is 7.24. The Morgan fingerprint density at radius 3 is 2.19 bits per heavy atom. The van der Waals surface area contributed by atoms with E-state index in [0.717, 1.165) is 33.8 Å². The summed E-state index contributed by atoms with van der Waals surface area (Å²) in [6.45, 7) is 0. The van der Waals surface area contributed by atoms with Crippen molar-refractivity contribution in [1.82, 2.24) is 9.99 Å². The largest absolute Gasteiger partial charge is 0.497 e. The standard InChI is InChI=1S/C31H24ClN3O2/c1-37-28-14-8-13-24(19-28)31(36)34-33-21-25-20-29(22-9-4-2-5-10-22)35(27-17-15-26(32)16-18-27)30(25)23-11-6-3-7-12-23/h2-21H,1H3,(H,34,36)/b33-21-. The number of ether oxygens (including phenoxy) is 1. The van der Waals surface area contributed by atoms with Gasteiger partial charge in [0.05, 0.1) is 24.7 Å². The fourth-order valence-corrected chi connectivity index (χ4v) is 4.31. The van der Waals surface area contributed by atoms with E-state index in [2.05, 4.69) is 45.4 Å². The van der Waals surface area contributed by atoms with Gasteiger partial charge in [0.15, 0.2) is 0 Å². The lowest BCUT2D eigenvalue weighted by molar-refractivity contribution is 0.0955. The molecule has 0 atom stereocenters. The first-order valence-electron chi connectivity index (χ1n) is 11.7. The van der Waals surface area contributed by atoms with Crippen LogP contribution in [0.4, 0.5) is 0 Å². The summed E-state index contributed by atoms with van der Waals surface area (Å²) in [6.07, 6.45) is 1.68. The fraction of sp³-hybridized carbons (Fsp3) is 0.0323. The number of nitrogens with zero attached hydrogens (tertiary/aromatic N) is 2. The SMILES string of the molecule is COc1cccc(C(=O)N/N=C\c2cc(-c3ccccc3)n(-c3ccc(Cl)cc3)c2-c2ccccc2)c1. The first kappa shape index (κ1) is 24.1. The van der Waals surface area contributed by atoms with Gasteiger partial charge in [0, 0.05) is 21.8 Å². The van der Waals surface area contributed by atoms with Gasteiger partial charge < -0.3 is 9.30 Å². The Balaban J connectivity index is 1.61. The summed E-state index contributed by atoms with van der Waals surface area (Å²) in [5.41, 5.74) is 8.91. The zero-order chi connectivity index (χ0) is 25.6. The van der Waals surface area contributed by atoms with Crippen molar-refractivity contribution in [3.8, 4) is 34.0 Å². The quantitative estimate of drug-likeness (QED) is 0.187. The second kappa shape index (κ2) is 11.0. The maximum atomic E-state index is 12.7. The highest BCUT2D eigenvalue weighted by molar-refractivity contribution is 6.30. The summed E-state index contributed by atoms with van der Waals surface area (Å²) in [5, 5.41) is 4.98. The van der Waals surface area contributed by atoms with Crippen molar-refractivity contribution >= 4 is 23.7 Å². The van der Waals surface area contributed by atoms with Gasteiger partial charge in [-0.25, -0.2) is 5.43 Å². The Hall–Kier alpha value is -4.61. The number of hydrazone groups is 1. The van der Waals surface area contributed by atoms with Crippen LogP contribution in [-0.2, 0) is 0 Å². The second-order valence-corrected chi connectivity index (χ2v) is 8.74. The first-order valence-corrected chi connectivity index (χ1v) is 12.1. The molecular formula is C31H24ClN3O2. The van der Waals surface area contributed by atoms with E-state index in [1.165, 1.54) is 0 Å². The van der Waals surface area contributed by atoms with Crippen LogP contribution in [-0.4, -0.2) is 23.8 Å². The van der Waals surface area contributed by atoms with Gasteiger partial charge in [-0.2, -0.15) is 5.10 Å². The van der Waals surface area contributed by atoms with Crippen molar-refractivity contribution in [3.05, 3.63) is 131 Å². The Morgan fingerprint density at radius 1 is 0.838 bits per heavy atom. The van der Waals surface area contributed by atoms with Crippen LogP contribution < -0.4 is 10.2 Å². The Kier molecular flexibility index (Phi) is 7.15. The second-order valence-electron chi connectivity index (χ2n) is 8.31. The molecule has 1 N–H and O–H groups in total. The van der Waals surface area contributed by atoms with Crippen LogP contribution in [0.1, 0.15) is 15.9 Å². The van der Waals surface area contributed by atoms with Crippen molar-refractivity contribution in [2.24, 2.45) is 5.10 Å². The first-order chi connectivity index (χ1) is 18.1. The van der Waals surface area contributed by atoms with Crippen molar-refractivity contribution in [2.45, 2.75) is 0 Å². The van der Waals surface area contributed by atoms with Gasteiger partial charge in [-0.1, -0.05) is 78.3 Å². The number of benzene rings is 4. The number of carbonyl (C=O) groups is 1. The maximum Gasteiger partial charge on any atom is 0.271 e. The molecule has 0 aliphatic heterocycles. The zero-order valence-corrected chi connectivity index (χ0v) is 20.9. The van der Waals surface area contributed by atoms with Gasteiger partial charge in [0.1, 0.15) is 5.75 Å². The van der Waals surface area contributed by atoms with E-state index >= 15 is 0 Å². The average Bonchev–Trinajstić information content (AvgIpc) is 3.33. The van der Waals surface area contributed by atoms with E-state index in [9.17, 15) is 4.79 Å². The molecule has 5 aromatic rings. The third-order valence-electron chi connectivity index (χ3n) is 5.93. The lowest BCUT2D eigenvalue weighted by Crippen LogP contribution is -2.17. The van der Waals surface area contributed by atoms with Crippen LogP contribution >= 0.6 is 11.6 Å². The molecule has 0 aliphatic carbocycles. The highest BCUT2D eigenvalue weighted by Gasteiger charge is 2.18. The molecule has 5 rings (SSSR count). The minimum absolute atomic E-state index is 0.322. The van der Waals surface area contributed by atoms with E-state index in [4.69, 9.17) is 16.3 Å². The van der Waals surface area contributed by atoms with Crippen molar-refractivity contribution in [3.63, 3.8) is 0 Å². The smallest absolute Gasteiger partial charge is 0.271 e. The van der Waals surface area contributed by atoms with Gasteiger partial charge in [0.2, 0.25) is 0 Å². The number of methoxy groups -OCH3 is 1. The number of carbonyl (C=O) groups excluding carboxylic acids is 1. The molecule has 0 unspecified atom stereocenters. The molecule has 4 aromatic carbocycles. The Morgan fingerprint density at radius 2 is 1.51 bits per heavy atom. The van der Waals surface area contributed by atoms with E-state index in [1.54, 1.807) is 37.6 Å². The molecule has 37 heavy (non-hydrogen) atoms. The molecule has 0 saturated carbocycles. The summed E-state index contributed by atoms with van der Waals surface area (Å²) in [5.74, 6) is 0.285. The van der Waals surface area contributed by atoms with Crippen LogP contribution in [0.25, 0.3) is 28.2 Å². The molecule has 0 bridgehead atoms. The number of hydrogen-bond donors (Lipinski definition) is 1. The van der Waals surface area contributed by atoms with Crippen LogP contribution in [0.5, 0.6) is 5.75 Å². The number of aromatic nitrogens is 1. The number of amides is 1. The van der Waals surface area contributed by atoms with Crippen LogP contribution in [0.2, 0.25) is 5.02 Å². The molecular weight excluding hydrogens is 482 g/mol. The van der Waals surface area contributed by atoms with Crippen molar-refractivity contribution in [1.29, 1.82) is 0 Å².